The van der Waals surface area contributed by atoms with Crippen LogP contribution in [0.5, 0.6) is 0 Å². The van der Waals surface area contributed by atoms with Gasteiger partial charge in [0.1, 0.15) is 0 Å². The Hall–Kier alpha value is -2.03. The highest BCUT2D eigenvalue weighted by molar-refractivity contribution is 5.19. The Balaban J connectivity index is 0.00000121. The molecule has 0 spiro atoms. The third-order valence-electron chi connectivity index (χ3n) is 1.01. The fourth-order valence-corrected chi connectivity index (χ4v) is 0.492. The quantitative estimate of drug-likeness (QED) is 0.211. The molecular formula is C3H7N5O4. The number of aromatic nitrogens is 3. The number of rotatable bonds is 0. The van der Waals surface area contributed by atoms with Crippen LogP contribution < -0.4 is 21.9 Å². The zero-order chi connectivity index (χ0) is 8.59. The van der Waals surface area contributed by atoms with E-state index in [0.717, 1.165) is 0 Å². The summed E-state index contributed by atoms with van der Waals surface area (Å²) in [5.74, 6) is -1.13. The molecule has 7 N–H and O–H groups in total. The van der Waals surface area contributed by atoms with Gasteiger partial charge in [-0.2, -0.15) is 0 Å². The Morgan fingerprint density at radius 2 is 2.08 bits per heavy atom. The summed E-state index contributed by atoms with van der Waals surface area (Å²) in [6.07, 6.45) is 0. The fourth-order valence-electron chi connectivity index (χ4n) is 0.492. The molecular weight excluding hydrogens is 170 g/mol. The Labute approximate surface area is 65.3 Å². The van der Waals surface area contributed by atoms with Crippen molar-refractivity contribution in [3.8, 4) is 0 Å². The molecule has 68 valence electrons. The second-order valence-electron chi connectivity index (χ2n) is 1.72. The van der Waals surface area contributed by atoms with E-state index < -0.39 is 17.6 Å². The molecule has 1 aromatic rings. The highest BCUT2D eigenvalue weighted by atomic mass is 16.5. The molecule has 0 aromatic carbocycles. The molecule has 0 saturated carbocycles. The van der Waals surface area contributed by atoms with Gasteiger partial charge in [0, 0.05) is 0 Å². The number of anilines is 2. The molecule has 0 aliphatic carbocycles. The first-order chi connectivity index (χ1) is 5.04. The molecule has 9 nitrogen and oxygen atoms in total. The zero-order valence-electron chi connectivity index (χ0n) is 5.76. The molecule has 0 aliphatic rings. The van der Waals surface area contributed by atoms with E-state index in [1.165, 1.54) is 0 Å². The summed E-state index contributed by atoms with van der Waals surface area (Å²) in [4.78, 5) is 13.7. The topological polar surface area (TPSA) is 166 Å². The van der Waals surface area contributed by atoms with E-state index in [4.69, 9.17) is 16.7 Å². The molecule has 0 unspecified atom stereocenters. The maximum Gasteiger partial charge on any atom is 0.455 e. The summed E-state index contributed by atoms with van der Waals surface area (Å²) in [5, 5.41) is 19.2. The lowest BCUT2D eigenvalue weighted by Crippen LogP contribution is -2.53. The maximum absolute atomic E-state index is 10.6. The van der Waals surface area contributed by atoms with E-state index >= 15 is 0 Å². The summed E-state index contributed by atoms with van der Waals surface area (Å²) in [5.41, 5.74) is 8.60. The second-order valence-corrected chi connectivity index (χ2v) is 1.72. The monoisotopic (exact) mass is 177 g/mol. The van der Waals surface area contributed by atoms with Gasteiger partial charge in [-0.25, -0.2) is 9.52 Å². The van der Waals surface area contributed by atoms with Crippen molar-refractivity contribution < 1.29 is 15.4 Å². The van der Waals surface area contributed by atoms with Crippen LogP contribution in [0.2, 0.25) is 0 Å². The summed E-state index contributed by atoms with van der Waals surface area (Å²) < 4.78 is -0.375. The normalized spacial score (nSPS) is 9.00. The van der Waals surface area contributed by atoms with Gasteiger partial charge < -0.3 is 27.4 Å². The summed E-state index contributed by atoms with van der Waals surface area (Å²) in [6.45, 7) is 0. The largest absolute Gasteiger partial charge is 0.752 e. The lowest BCUT2D eigenvalue weighted by molar-refractivity contribution is -0.617. The molecule has 0 amide bonds. The minimum Gasteiger partial charge on any atom is -0.752 e. The van der Waals surface area contributed by atoms with E-state index in [9.17, 15) is 10.0 Å². The van der Waals surface area contributed by atoms with E-state index in [2.05, 4.69) is 4.98 Å². The number of hydrogen-bond donors (Lipinski definition) is 3. The molecule has 1 aromatic heterocycles. The van der Waals surface area contributed by atoms with Crippen LogP contribution in [0.15, 0.2) is 4.79 Å². The Kier molecular flexibility index (Phi) is 2.43. The summed E-state index contributed by atoms with van der Waals surface area (Å²) in [7, 11) is 0. The lowest BCUT2D eigenvalue weighted by atomic mass is 10.9. The first kappa shape index (κ1) is 9.97. The van der Waals surface area contributed by atoms with Gasteiger partial charge in [0.15, 0.2) is 0 Å². The molecule has 1 heterocycles. The smallest absolute Gasteiger partial charge is 0.455 e. The van der Waals surface area contributed by atoms with Crippen LogP contribution in [0.1, 0.15) is 0 Å². The van der Waals surface area contributed by atoms with E-state index in [1.807, 2.05) is 0 Å². The first-order valence-electron chi connectivity index (χ1n) is 2.51. The van der Waals surface area contributed by atoms with Crippen LogP contribution in [-0.2, 0) is 0 Å². The van der Waals surface area contributed by atoms with Gasteiger partial charge in [0.2, 0.25) is 0 Å². The second kappa shape index (κ2) is 2.92. The number of hydrogen-bond acceptors (Lipinski definition) is 6. The van der Waals surface area contributed by atoms with Crippen molar-refractivity contribution in [1.82, 2.24) is 9.71 Å². The van der Waals surface area contributed by atoms with E-state index in [1.54, 1.807) is 0 Å². The number of nitrogens with zero attached hydrogens (tertiary/aromatic N) is 3. The SMILES string of the molecule is Nc1nc(N)[n+]([O-])c(=O)n1O.O. The van der Waals surface area contributed by atoms with Gasteiger partial charge in [-0.15, -0.1) is 0 Å². The molecule has 0 saturated heterocycles. The molecule has 0 atom stereocenters. The summed E-state index contributed by atoms with van der Waals surface area (Å²) >= 11 is 0. The average molecular weight is 177 g/mol. The Morgan fingerprint density at radius 1 is 1.58 bits per heavy atom. The van der Waals surface area contributed by atoms with Crippen molar-refractivity contribution in [2.75, 3.05) is 11.5 Å². The van der Waals surface area contributed by atoms with Crippen LogP contribution in [0, 0.1) is 5.21 Å². The molecule has 0 bridgehead atoms. The number of nitrogens with two attached hydrogens (primary N) is 2. The predicted molar refractivity (Wildman–Crippen MR) is 37.1 cm³/mol. The van der Waals surface area contributed by atoms with Gasteiger partial charge in [0.25, 0.3) is 0 Å². The summed E-state index contributed by atoms with van der Waals surface area (Å²) in [6, 6.07) is 0. The first-order valence-corrected chi connectivity index (χ1v) is 2.51. The van der Waals surface area contributed by atoms with Gasteiger partial charge in [-0.05, 0) is 4.73 Å². The van der Waals surface area contributed by atoms with Crippen LogP contribution in [0.25, 0.3) is 0 Å². The fraction of sp³-hybridized carbons (Fsp3) is 0. The van der Waals surface area contributed by atoms with Crippen molar-refractivity contribution in [2.45, 2.75) is 0 Å². The lowest BCUT2D eigenvalue weighted by Gasteiger charge is -2.03. The Bertz CT molecular complexity index is 316. The highest BCUT2D eigenvalue weighted by Gasteiger charge is 2.11. The molecule has 0 radical (unpaired) electrons. The maximum atomic E-state index is 10.6. The molecule has 9 heteroatoms. The predicted octanol–water partition coefficient (Wildman–Crippen LogP) is -3.55. The van der Waals surface area contributed by atoms with Gasteiger partial charge in [-0.3, -0.25) is 0 Å². The Morgan fingerprint density at radius 3 is 2.58 bits per heavy atom. The van der Waals surface area contributed by atoms with Gasteiger partial charge in [0.05, 0.1) is 0 Å². The van der Waals surface area contributed by atoms with Crippen LogP contribution in [0.3, 0.4) is 0 Å². The van der Waals surface area contributed by atoms with Crippen molar-refractivity contribution in [1.29, 1.82) is 0 Å². The van der Waals surface area contributed by atoms with Crippen molar-refractivity contribution >= 4 is 11.9 Å². The van der Waals surface area contributed by atoms with Crippen molar-refractivity contribution in [3.63, 3.8) is 0 Å². The minimum atomic E-state index is -1.28. The highest BCUT2D eigenvalue weighted by Crippen LogP contribution is 1.88. The van der Waals surface area contributed by atoms with Crippen LogP contribution in [0.4, 0.5) is 11.9 Å². The van der Waals surface area contributed by atoms with Gasteiger partial charge in [-0.1, -0.05) is 4.98 Å². The van der Waals surface area contributed by atoms with Crippen LogP contribution >= 0.6 is 0 Å². The molecule has 12 heavy (non-hydrogen) atoms. The van der Waals surface area contributed by atoms with E-state index in [-0.39, 0.29) is 14.9 Å². The average Bonchev–Trinajstić information content (AvgIpc) is 1.97. The van der Waals surface area contributed by atoms with Crippen LogP contribution in [-0.4, -0.2) is 20.4 Å². The standard InChI is InChI=1S/C3H5N5O3.H2O/c4-1-6-2(5)8(11)3(9)7(1)10;/h11H,4H2,(H2,5,6);1H2. The minimum absolute atomic E-state index is 0. The third kappa shape index (κ3) is 1.20. The molecule has 0 fully saturated rings. The molecule has 0 aliphatic heterocycles. The zero-order valence-corrected chi connectivity index (χ0v) is 5.76. The van der Waals surface area contributed by atoms with Gasteiger partial charge >= 0.3 is 17.6 Å². The van der Waals surface area contributed by atoms with E-state index in [0.29, 0.717) is 0 Å². The number of nitrogen functional groups attached to an aromatic ring is 2. The molecule has 1 rings (SSSR count). The van der Waals surface area contributed by atoms with Crippen molar-refractivity contribution in [2.24, 2.45) is 0 Å². The van der Waals surface area contributed by atoms with Crippen molar-refractivity contribution in [3.05, 3.63) is 15.7 Å². The third-order valence-corrected chi connectivity index (χ3v) is 1.01.